The molecule has 1 atom stereocenters. The molecule has 0 aliphatic carbocycles. The molecule has 0 saturated carbocycles. The zero-order valence-corrected chi connectivity index (χ0v) is 19.6. The van der Waals surface area contributed by atoms with Crippen molar-refractivity contribution in [2.24, 2.45) is 5.92 Å². The van der Waals surface area contributed by atoms with Gasteiger partial charge in [0.1, 0.15) is 0 Å². The van der Waals surface area contributed by atoms with Gasteiger partial charge in [0.05, 0.1) is 12.5 Å². The van der Waals surface area contributed by atoms with E-state index in [4.69, 9.17) is 0 Å². The fraction of sp³-hybridized carbons (Fsp3) is 0.333. The van der Waals surface area contributed by atoms with Gasteiger partial charge in [-0.3, -0.25) is 4.79 Å². The van der Waals surface area contributed by atoms with Gasteiger partial charge < -0.3 is 15.5 Å². The van der Waals surface area contributed by atoms with E-state index in [1.165, 1.54) is 11.1 Å². The molecule has 4 rings (SSSR count). The molecule has 1 fully saturated rings. The molecular weight excluding hydrogens is 430 g/mol. The Balaban J connectivity index is 1.28. The summed E-state index contributed by atoms with van der Waals surface area (Å²) in [5.41, 5.74) is 2.51. The molecule has 2 heterocycles. The van der Waals surface area contributed by atoms with Gasteiger partial charge in [-0.2, -0.15) is 0 Å². The quantitative estimate of drug-likeness (QED) is 0.495. The molecule has 2 aromatic carbocycles. The fourth-order valence-electron chi connectivity index (χ4n) is 4.44. The summed E-state index contributed by atoms with van der Waals surface area (Å²) < 4.78 is 0. The Morgan fingerprint density at radius 2 is 1.64 bits per heavy atom. The van der Waals surface area contributed by atoms with Gasteiger partial charge in [-0.1, -0.05) is 66.7 Å². The Labute approximate surface area is 199 Å². The summed E-state index contributed by atoms with van der Waals surface area (Å²) >= 11 is 1.63. The first-order valence-corrected chi connectivity index (χ1v) is 12.5. The normalized spacial score (nSPS) is 15.9. The minimum atomic E-state index is -0.155. The summed E-state index contributed by atoms with van der Waals surface area (Å²) in [4.78, 5) is 28.4. The number of nitrogens with one attached hydrogen (secondary N) is 2. The topological polar surface area (TPSA) is 61.4 Å². The largest absolute Gasteiger partial charge is 0.356 e. The van der Waals surface area contributed by atoms with Gasteiger partial charge in [0.15, 0.2) is 0 Å². The van der Waals surface area contributed by atoms with E-state index in [0.29, 0.717) is 26.2 Å². The second kappa shape index (κ2) is 11.7. The number of hydrogen-bond acceptors (Lipinski definition) is 3. The van der Waals surface area contributed by atoms with E-state index in [2.05, 4.69) is 59.2 Å². The summed E-state index contributed by atoms with van der Waals surface area (Å²) in [6.07, 6.45) is 2.50. The van der Waals surface area contributed by atoms with Crippen LogP contribution in [0.4, 0.5) is 4.79 Å². The van der Waals surface area contributed by atoms with Gasteiger partial charge in [-0.25, -0.2) is 4.79 Å². The predicted octanol–water partition coefficient (Wildman–Crippen LogP) is 5.01. The molecule has 1 aliphatic rings. The molecule has 3 amide bonds. The lowest BCUT2D eigenvalue weighted by molar-refractivity contribution is -0.126. The Morgan fingerprint density at radius 1 is 0.939 bits per heavy atom. The maximum Gasteiger partial charge on any atom is 0.317 e. The third-order valence-corrected chi connectivity index (χ3v) is 7.09. The van der Waals surface area contributed by atoms with Crippen LogP contribution in [0.5, 0.6) is 0 Å². The first-order chi connectivity index (χ1) is 16.2. The van der Waals surface area contributed by atoms with Crippen molar-refractivity contribution in [3.05, 3.63) is 94.2 Å². The third-order valence-electron chi connectivity index (χ3n) is 6.21. The van der Waals surface area contributed by atoms with Crippen molar-refractivity contribution in [3.63, 3.8) is 0 Å². The van der Waals surface area contributed by atoms with Gasteiger partial charge in [0.2, 0.25) is 5.91 Å². The number of thiophene rings is 1. The van der Waals surface area contributed by atoms with Crippen molar-refractivity contribution in [3.8, 4) is 0 Å². The number of carbonyl (C=O) groups is 2. The van der Waals surface area contributed by atoms with Crippen LogP contribution in [0.2, 0.25) is 0 Å². The molecule has 5 nitrogen and oxygen atoms in total. The lowest BCUT2D eigenvalue weighted by atomic mass is 9.88. The molecule has 172 valence electrons. The molecule has 6 heteroatoms. The molecule has 1 aliphatic heterocycles. The molecule has 1 aromatic heterocycles. The van der Waals surface area contributed by atoms with E-state index in [0.717, 1.165) is 24.1 Å². The summed E-state index contributed by atoms with van der Waals surface area (Å²) in [5, 5.41) is 8.12. The second-order valence-electron chi connectivity index (χ2n) is 8.48. The van der Waals surface area contributed by atoms with Crippen LogP contribution in [0, 0.1) is 5.92 Å². The van der Waals surface area contributed by atoms with Gasteiger partial charge in [-0.05, 0) is 41.8 Å². The molecule has 1 saturated heterocycles. The van der Waals surface area contributed by atoms with Crippen LogP contribution in [0.25, 0.3) is 0 Å². The van der Waals surface area contributed by atoms with Crippen LogP contribution in [0.3, 0.4) is 0 Å². The average Bonchev–Trinajstić information content (AvgIpc) is 3.40. The van der Waals surface area contributed by atoms with Crippen molar-refractivity contribution >= 4 is 23.3 Å². The first-order valence-electron chi connectivity index (χ1n) is 11.6. The van der Waals surface area contributed by atoms with Crippen LogP contribution in [-0.2, 0) is 11.3 Å². The molecule has 2 N–H and O–H groups in total. The van der Waals surface area contributed by atoms with Gasteiger partial charge >= 0.3 is 6.03 Å². The van der Waals surface area contributed by atoms with E-state index in [9.17, 15) is 9.59 Å². The van der Waals surface area contributed by atoms with Crippen LogP contribution in [0.15, 0.2) is 78.2 Å². The fourth-order valence-corrected chi connectivity index (χ4v) is 5.09. The summed E-state index contributed by atoms with van der Waals surface area (Å²) in [5.74, 6) is 0.127. The Bertz CT molecular complexity index is 969. The Hall–Kier alpha value is -3.12. The molecule has 1 unspecified atom stereocenters. The maximum absolute atomic E-state index is 12.9. The van der Waals surface area contributed by atoms with E-state index >= 15 is 0 Å². The maximum atomic E-state index is 12.9. The highest BCUT2D eigenvalue weighted by Gasteiger charge is 2.28. The molecule has 0 spiro atoms. The van der Waals surface area contributed by atoms with Crippen LogP contribution >= 0.6 is 11.3 Å². The van der Waals surface area contributed by atoms with Crippen LogP contribution in [-0.4, -0.2) is 36.5 Å². The molecule has 0 bridgehead atoms. The summed E-state index contributed by atoms with van der Waals surface area (Å²) in [6.45, 7) is 2.31. The van der Waals surface area contributed by atoms with Gasteiger partial charge in [0.25, 0.3) is 0 Å². The monoisotopic (exact) mass is 461 g/mol. The molecular formula is C27H31N3O2S. The van der Waals surface area contributed by atoms with E-state index < -0.39 is 0 Å². The highest BCUT2D eigenvalue weighted by Crippen LogP contribution is 2.27. The summed E-state index contributed by atoms with van der Waals surface area (Å²) in [6, 6.07) is 24.8. The molecule has 33 heavy (non-hydrogen) atoms. The van der Waals surface area contributed by atoms with Crippen LogP contribution < -0.4 is 10.6 Å². The number of amides is 3. The standard InChI is InChI=1S/C27H31N3O2S/c31-26(23-13-7-17-30(20-23)27(32)29-19-24-14-8-18-33-24)28-16-15-25(21-9-3-1-4-10-21)22-11-5-2-6-12-22/h1-6,8-12,14,18,23,25H,7,13,15-17,19-20H2,(H,28,31)(H,29,32). The van der Waals surface area contributed by atoms with Crippen LogP contribution in [0.1, 0.15) is 41.2 Å². The lowest BCUT2D eigenvalue weighted by Gasteiger charge is -2.32. The molecule has 3 aromatic rings. The van der Waals surface area contributed by atoms with Crippen molar-refractivity contribution in [1.29, 1.82) is 0 Å². The van der Waals surface area contributed by atoms with Crippen molar-refractivity contribution in [1.82, 2.24) is 15.5 Å². The number of likely N-dealkylation sites (tertiary alicyclic amines) is 1. The number of piperidine rings is 1. The lowest BCUT2D eigenvalue weighted by Crippen LogP contribution is -2.48. The number of urea groups is 1. The Kier molecular flexibility index (Phi) is 8.14. The van der Waals surface area contributed by atoms with Gasteiger partial charge in [0, 0.05) is 30.4 Å². The number of rotatable bonds is 8. The predicted molar refractivity (Wildman–Crippen MR) is 133 cm³/mol. The smallest absolute Gasteiger partial charge is 0.317 e. The van der Waals surface area contributed by atoms with E-state index in [1.54, 1.807) is 16.2 Å². The third kappa shape index (κ3) is 6.45. The first kappa shape index (κ1) is 23.1. The van der Waals surface area contributed by atoms with Crippen molar-refractivity contribution in [2.75, 3.05) is 19.6 Å². The number of carbonyl (C=O) groups excluding carboxylic acids is 2. The van der Waals surface area contributed by atoms with Gasteiger partial charge in [-0.15, -0.1) is 11.3 Å². The van der Waals surface area contributed by atoms with E-state index in [1.807, 2.05) is 29.6 Å². The zero-order chi connectivity index (χ0) is 22.9. The highest BCUT2D eigenvalue weighted by atomic mass is 32.1. The molecule has 0 radical (unpaired) electrons. The van der Waals surface area contributed by atoms with Crippen molar-refractivity contribution < 1.29 is 9.59 Å². The highest BCUT2D eigenvalue weighted by molar-refractivity contribution is 7.09. The van der Waals surface area contributed by atoms with Crippen molar-refractivity contribution in [2.45, 2.75) is 31.7 Å². The number of hydrogen-bond donors (Lipinski definition) is 2. The Morgan fingerprint density at radius 3 is 2.27 bits per heavy atom. The number of nitrogens with zero attached hydrogens (tertiary/aromatic N) is 1. The van der Waals surface area contributed by atoms with E-state index in [-0.39, 0.29) is 23.8 Å². The minimum absolute atomic E-state index is 0.0469. The second-order valence-corrected chi connectivity index (χ2v) is 9.51. The SMILES string of the molecule is O=C(NCCC(c1ccccc1)c1ccccc1)C1CCCN(C(=O)NCc2cccs2)C1. The average molecular weight is 462 g/mol. The zero-order valence-electron chi connectivity index (χ0n) is 18.8. The minimum Gasteiger partial charge on any atom is -0.356 e. The summed E-state index contributed by atoms with van der Waals surface area (Å²) in [7, 11) is 0. The number of benzene rings is 2.